The summed E-state index contributed by atoms with van der Waals surface area (Å²) in [7, 11) is 0. The molecular formula is C5H9N3. The molecule has 8 heavy (non-hydrogen) atoms. The Hall–Kier alpha value is -0.990. The van der Waals surface area contributed by atoms with Gasteiger partial charge in [0.2, 0.25) is 0 Å². The van der Waals surface area contributed by atoms with Crippen molar-refractivity contribution in [2.75, 3.05) is 0 Å². The average Bonchev–Trinajstić information content (AvgIpc) is 2.14. The van der Waals surface area contributed by atoms with Crippen LogP contribution in [-0.4, -0.2) is 5.84 Å². The molecule has 1 rings (SSSR count). The first-order valence-electron chi connectivity index (χ1n) is 2.58. The summed E-state index contributed by atoms with van der Waals surface area (Å²) >= 11 is 0. The van der Waals surface area contributed by atoms with Crippen LogP contribution < -0.4 is 11.1 Å². The molecule has 0 aromatic rings. The largest absolute Gasteiger partial charge is 0.403 e. The Balaban J connectivity index is 2.56. The highest BCUT2D eigenvalue weighted by atomic mass is 15.0. The Morgan fingerprint density at radius 3 is 2.62 bits per heavy atom. The second-order valence-corrected chi connectivity index (χ2v) is 1.80. The van der Waals surface area contributed by atoms with Crippen LogP contribution in [0.25, 0.3) is 0 Å². The van der Waals surface area contributed by atoms with Crippen molar-refractivity contribution in [2.24, 2.45) is 5.73 Å². The summed E-state index contributed by atoms with van der Waals surface area (Å²) in [4.78, 5) is 0. The van der Waals surface area contributed by atoms with Gasteiger partial charge in [-0.3, -0.25) is 5.41 Å². The molecule has 1 aliphatic heterocycles. The van der Waals surface area contributed by atoms with Gasteiger partial charge in [0.05, 0.1) is 5.84 Å². The van der Waals surface area contributed by atoms with Gasteiger partial charge < -0.3 is 11.1 Å². The molecule has 0 radical (unpaired) electrons. The molecule has 1 aliphatic rings. The first-order valence-corrected chi connectivity index (χ1v) is 2.58. The summed E-state index contributed by atoms with van der Waals surface area (Å²) in [5.74, 6) is 0.571. The molecule has 1 fully saturated rings. The highest BCUT2D eigenvalue weighted by Gasteiger charge is 2.08. The van der Waals surface area contributed by atoms with Crippen LogP contribution in [0.15, 0.2) is 11.9 Å². The van der Waals surface area contributed by atoms with E-state index in [0.29, 0.717) is 5.84 Å². The molecule has 44 valence electrons. The van der Waals surface area contributed by atoms with Gasteiger partial charge in [0.25, 0.3) is 0 Å². The number of nitrogens with one attached hydrogen (secondary N) is 2. The topological polar surface area (TPSA) is 61.9 Å². The van der Waals surface area contributed by atoms with Crippen LogP contribution in [0, 0.1) is 5.41 Å². The van der Waals surface area contributed by atoms with Crippen LogP contribution in [0.2, 0.25) is 0 Å². The van der Waals surface area contributed by atoms with Gasteiger partial charge in [0.15, 0.2) is 0 Å². The Morgan fingerprint density at radius 1 is 1.62 bits per heavy atom. The fraction of sp³-hybridized carbons (Fsp3) is 0.400. The minimum Gasteiger partial charge on any atom is -0.403 e. The summed E-state index contributed by atoms with van der Waals surface area (Å²) < 4.78 is 0. The first-order chi connectivity index (χ1) is 3.83. The van der Waals surface area contributed by atoms with E-state index in [-0.39, 0.29) is 0 Å². The maximum atomic E-state index is 7.07. The predicted molar refractivity (Wildman–Crippen MR) is 32.4 cm³/mol. The normalized spacial score (nSPS) is 24.0. The molecule has 0 atom stereocenters. The molecule has 0 aliphatic carbocycles. The standard InChI is InChI=1S/C5H9N3/c6-3-4-1-2-5(7)8-4/h3H,1-2,6H2,(H2,7,8)/b4-3+. The molecule has 1 heterocycles. The highest BCUT2D eigenvalue weighted by Crippen LogP contribution is 2.07. The number of allylic oxidation sites excluding steroid dienone is 1. The third-order valence-electron chi connectivity index (χ3n) is 1.16. The fourth-order valence-corrected chi connectivity index (χ4v) is 0.703. The second kappa shape index (κ2) is 1.86. The van der Waals surface area contributed by atoms with Crippen LogP contribution in [0.5, 0.6) is 0 Å². The van der Waals surface area contributed by atoms with Gasteiger partial charge in [-0.25, -0.2) is 0 Å². The van der Waals surface area contributed by atoms with Gasteiger partial charge in [0.1, 0.15) is 0 Å². The number of rotatable bonds is 0. The van der Waals surface area contributed by atoms with E-state index in [1.165, 1.54) is 6.20 Å². The molecule has 0 unspecified atom stereocenters. The summed E-state index contributed by atoms with van der Waals surface area (Å²) in [5.41, 5.74) is 6.14. The molecule has 4 N–H and O–H groups in total. The van der Waals surface area contributed by atoms with Gasteiger partial charge in [-0.15, -0.1) is 0 Å². The van der Waals surface area contributed by atoms with Crippen LogP contribution in [0.3, 0.4) is 0 Å². The molecule has 1 saturated heterocycles. The highest BCUT2D eigenvalue weighted by molar-refractivity contribution is 5.83. The Labute approximate surface area is 48.1 Å². The van der Waals surface area contributed by atoms with Gasteiger partial charge in [-0.05, 0) is 6.42 Å². The van der Waals surface area contributed by atoms with Crippen molar-refractivity contribution in [1.82, 2.24) is 5.32 Å². The molecule has 0 spiro atoms. The lowest BCUT2D eigenvalue weighted by molar-refractivity contribution is 1.04. The van der Waals surface area contributed by atoms with Crippen molar-refractivity contribution in [2.45, 2.75) is 12.8 Å². The van der Waals surface area contributed by atoms with Crippen LogP contribution >= 0.6 is 0 Å². The van der Waals surface area contributed by atoms with Crippen molar-refractivity contribution in [3.05, 3.63) is 11.9 Å². The van der Waals surface area contributed by atoms with Gasteiger partial charge in [-0.1, -0.05) is 0 Å². The Kier molecular flexibility index (Phi) is 1.20. The Morgan fingerprint density at radius 2 is 2.38 bits per heavy atom. The van der Waals surface area contributed by atoms with Crippen molar-refractivity contribution in [3.8, 4) is 0 Å². The minimum absolute atomic E-state index is 0.571. The zero-order valence-electron chi connectivity index (χ0n) is 4.57. The number of amidine groups is 1. The quantitative estimate of drug-likeness (QED) is 0.416. The maximum Gasteiger partial charge on any atom is 0.0977 e. The van der Waals surface area contributed by atoms with Crippen LogP contribution in [0.4, 0.5) is 0 Å². The van der Waals surface area contributed by atoms with E-state index < -0.39 is 0 Å². The third-order valence-corrected chi connectivity index (χ3v) is 1.16. The monoisotopic (exact) mass is 111 g/mol. The van der Waals surface area contributed by atoms with Gasteiger partial charge >= 0.3 is 0 Å². The second-order valence-electron chi connectivity index (χ2n) is 1.80. The first kappa shape index (κ1) is 5.15. The van der Waals surface area contributed by atoms with E-state index in [2.05, 4.69) is 5.32 Å². The molecule has 3 nitrogen and oxygen atoms in total. The number of hydrogen-bond acceptors (Lipinski definition) is 2. The zero-order valence-corrected chi connectivity index (χ0v) is 4.57. The predicted octanol–water partition coefficient (Wildman–Crippen LogP) is 0.147. The fourth-order valence-electron chi connectivity index (χ4n) is 0.703. The molecular weight excluding hydrogens is 102 g/mol. The van der Waals surface area contributed by atoms with E-state index in [4.69, 9.17) is 11.1 Å². The number of hydrogen-bond donors (Lipinski definition) is 3. The van der Waals surface area contributed by atoms with Gasteiger partial charge in [0, 0.05) is 18.3 Å². The summed E-state index contributed by atoms with van der Waals surface area (Å²) in [6.45, 7) is 0. The van der Waals surface area contributed by atoms with E-state index in [1.807, 2.05) is 0 Å². The lowest BCUT2D eigenvalue weighted by Crippen LogP contribution is -2.11. The molecule has 0 saturated carbocycles. The molecule has 0 amide bonds. The smallest absolute Gasteiger partial charge is 0.0977 e. The van der Waals surface area contributed by atoms with Crippen LogP contribution in [0.1, 0.15) is 12.8 Å². The summed E-state index contributed by atoms with van der Waals surface area (Å²) in [6, 6.07) is 0. The van der Waals surface area contributed by atoms with Crippen molar-refractivity contribution in [3.63, 3.8) is 0 Å². The van der Waals surface area contributed by atoms with E-state index >= 15 is 0 Å². The summed E-state index contributed by atoms with van der Waals surface area (Å²) in [6.07, 6.45) is 3.22. The average molecular weight is 111 g/mol. The maximum absolute atomic E-state index is 7.07. The van der Waals surface area contributed by atoms with E-state index in [0.717, 1.165) is 18.5 Å². The van der Waals surface area contributed by atoms with Crippen LogP contribution in [-0.2, 0) is 0 Å². The zero-order chi connectivity index (χ0) is 5.98. The van der Waals surface area contributed by atoms with Gasteiger partial charge in [-0.2, -0.15) is 0 Å². The molecule has 0 aromatic heterocycles. The van der Waals surface area contributed by atoms with Crippen molar-refractivity contribution in [1.29, 1.82) is 5.41 Å². The Bertz CT molecular complexity index is 137. The van der Waals surface area contributed by atoms with Crippen molar-refractivity contribution < 1.29 is 0 Å². The van der Waals surface area contributed by atoms with Crippen molar-refractivity contribution >= 4 is 5.84 Å². The number of nitrogens with two attached hydrogens (primary N) is 1. The molecule has 3 heteroatoms. The lowest BCUT2D eigenvalue weighted by atomic mass is 10.3. The summed E-state index contributed by atoms with van der Waals surface area (Å²) in [5, 5.41) is 9.90. The van der Waals surface area contributed by atoms with E-state index in [1.54, 1.807) is 0 Å². The van der Waals surface area contributed by atoms with E-state index in [9.17, 15) is 0 Å². The SMILES string of the molecule is N=C1CC/C(=C\N)N1. The minimum atomic E-state index is 0.571. The molecule has 0 bridgehead atoms. The third kappa shape index (κ3) is 0.804. The molecule has 0 aromatic carbocycles. The lowest BCUT2D eigenvalue weighted by Gasteiger charge is -1.91.